The van der Waals surface area contributed by atoms with Crippen molar-refractivity contribution in [1.82, 2.24) is 19.7 Å². The molecule has 0 spiro atoms. The lowest BCUT2D eigenvalue weighted by Gasteiger charge is -2.12. The molecule has 2 aromatic carbocycles. The fraction of sp³-hybridized carbons (Fsp3) is 0.208. The van der Waals surface area contributed by atoms with E-state index in [4.69, 9.17) is 14.2 Å². The molecule has 0 bridgehead atoms. The first-order chi connectivity index (χ1) is 15.8. The third-order valence-electron chi connectivity index (χ3n) is 4.62. The average Bonchev–Trinajstić information content (AvgIpc) is 3.27. The molecule has 7 nitrogen and oxygen atoms in total. The van der Waals surface area contributed by atoms with Crippen LogP contribution < -0.4 is 14.2 Å². The summed E-state index contributed by atoms with van der Waals surface area (Å²) < 4.78 is 18.7. The molecule has 0 N–H and O–H groups in total. The zero-order chi connectivity index (χ0) is 22.2. The second kappa shape index (κ2) is 10.7. The van der Waals surface area contributed by atoms with Crippen molar-refractivity contribution < 1.29 is 14.2 Å². The molecule has 2 aromatic heterocycles. The van der Waals surface area contributed by atoms with Crippen molar-refractivity contribution in [3.05, 3.63) is 73.1 Å². The normalized spacial score (nSPS) is 10.7. The zero-order valence-electron chi connectivity index (χ0n) is 18.0. The van der Waals surface area contributed by atoms with Gasteiger partial charge in [0, 0.05) is 29.4 Å². The Kier molecular flexibility index (Phi) is 7.24. The molecular formula is C24H24N4O3S. The molecule has 0 aliphatic carbocycles. The van der Waals surface area contributed by atoms with Gasteiger partial charge in [-0.15, -0.1) is 10.2 Å². The average molecular weight is 449 g/mol. The zero-order valence-corrected chi connectivity index (χ0v) is 18.8. The minimum atomic E-state index is 0.539. The fourth-order valence-corrected chi connectivity index (χ4v) is 3.88. The van der Waals surface area contributed by atoms with Gasteiger partial charge in [-0.1, -0.05) is 11.8 Å². The second-order valence-corrected chi connectivity index (χ2v) is 7.74. The molecule has 4 aromatic rings. The summed E-state index contributed by atoms with van der Waals surface area (Å²) in [6.45, 7) is 3.14. The van der Waals surface area contributed by atoms with Crippen molar-refractivity contribution >= 4 is 11.8 Å². The summed E-state index contributed by atoms with van der Waals surface area (Å²) in [7, 11) is 1.65. The Hall–Kier alpha value is -3.52. The smallest absolute Gasteiger partial charge is 0.196 e. The van der Waals surface area contributed by atoms with Gasteiger partial charge in [-0.05, 0) is 67.6 Å². The number of hydrogen-bond acceptors (Lipinski definition) is 7. The van der Waals surface area contributed by atoms with Crippen molar-refractivity contribution in [2.24, 2.45) is 0 Å². The van der Waals surface area contributed by atoms with Crippen molar-refractivity contribution in [3.8, 4) is 34.3 Å². The van der Waals surface area contributed by atoms with E-state index < -0.39 is 0 Å². The molecule has 0 fully saturated rings. The SMILES string of the molecule is CCOc1ccc(-n2c(SCCOc3ccc(OC)cc3)nnc2-c2ccncc2)cc1. The van der Waals surface area contributed by atoms with Gasteiger partial charge in [-0.3, -0.25) is 9.55 Å². The molecule has 0 saturated heterocycles. The highest BCUT2D eigenvalue weighted by Crippen LogP contribution is 2.29. The Labute approximate surface area is 191 Å². The van der Waals surface area contributed by atoms with Crippen molar-refractivity contribution in [2.45, 2.75) is 12.1 Å². The van der Waals surface area contributed by atoms with Gasteiger partial charge in [0.05, 0.1) is 20.3 Å². The molecule has 0 radical (unpaired) electrons. The van der Waals surface area contributed by atoms with E-state index in [0.717, 1.165) is 45.2 Å². The highest BCUT2D eigenvalue weighted by molar-refractivity contribution is 7.99. The van der Waals surface area contributed by atoms with Gasteiger partial charge in [-0.25, -0.2) is 0 Å². The lowest BCUT2D eigenvalue weighted by atomic mass is 10.2. The number of pyridine rings is 1. The summed E-state index contributed by atoms with van der Waals surface area (Å²) in [6, 6.07) is 19.3. The number of rotatable bonds is 10. The number of thioether (sulfide) groups is 1. The summed E-state index contributed by atoms with van der Waals surface area (Å²) in [5, 5.41) is 9.69. The molecule has 0 unspecified atom stereocenters. The Morgan fingerprint density at radius 1 is 0.812 bits per heavy atom. The highest BCUT2D eigenvalue weighted by Gasteiger charge is 2.16. The molecule has 4 rings (SSSR count). The van der Waals surface area contributed by atoms with Crippen LogP contribution in [0, 0.1) is 0 Å². The van der Waals surface area contributed by atoms with E-state index in [9.17, 15) is 0 Å². The lowest BCUT2D eigenvalue weighted by Crippen LogP contribution is -2.03. The molecular weight excluding hydrogens is 424 g/mol. The molecule has 0 amide bonds. The van der Waals surface area contributed by atoms with E-state index >= 15 is 0 Å². The predicted molar refractivity (Wildman–Crippen MR) is 125 cm³/mol. The van der Waals surface area contributed by atoms with Gasteiger partial charge in [-0.2, -0.15) is 0 Å². The third-order valence-corrected chi connectivity index (χ3v) is 5.51. The van der Waals surface area contributed by atoms with Gasteiger partial charge in [0.25, 0.3) is 0 Å². The maximum absolute atomic E-state index is 5.85. The van der Waals surface area contributed by atoms with Gasteiger partial charge >= 0.3 is 0 Å². The first kappa shape index (κ1) is 21.7. The summed E-state index contributed by atoms with van der Waals surface area (Å²) in [4.78, 5) is 4.11. The first-order valence-electron chi connectivity index (χ1n) is 10.3. The van der Waals surface area contributed by atoms with E-state index in [-0.39, 0.29) is 0 Å². The third kappa shape index (κ3) is 5.20. The summed E-state index contributed by atoms with van der Waals surface area (Å²) in [5.41, 5.74) is 1.91. The minimum absolute atomic E-state index is 0.539. The van der Waals surface area contributed by atoms with Crippen LogP contribution in [0.2, 0.25) is 0 Å². The minimum Gasteiger partial charge on any atom is -0.497 e. The number of methoxy groups -OCH3 is 1. The second-order valence-electron chi connectivity index (χ2n) is 6.68. The van der Waals surface area contributed by atoms with Gasteiger partial charge in [0.1, 0.15) is 17.2 Å². The van der Waals surface area contributed by atoms with Crippen LogP contribution in [0.1, 0.15) is 6.92 Å². The Morgan fingerprint density at radius 2 is 1.47 bits per heavy atom. The quantitative estimate of drug-likeness (QED) is 0.252. The summed E-state index contributed by atoms with van der Waals surface area (Å²) in [6.07, 6.45) is 3.50. The van der Waals surface area contributed by atoms with Crippen LogP contribution in [-0.2, 0) is 0 Å². The van der Waals surface area contributed by atoms with Crippen LogP contribution in [0.25, 0.3) is 17.1 Å². The molecule has 2 heterocycles. The molecule has 0 atom stereocenters. The molecule has 164 valence electrons. The number of ether oxygens (including phenoxy) is 3. The predicted octanol–water partition coefficient (Wildman–Crippen LogP) is 4.91. The standard InChI is InChI=1S/C24H24N4O3S/c1-3-30-21-6-4-19(5-7-21)28-23(18-12-14-25-15-13-18)26-27-24(28)32-17-16-31-22-10-8-20(29-2)9-11-22/h4-15H,3,16-17H2,1-2H3. The number of nitrogens with zero attached hydrogens (tertiary/aromatic N) is 4. The van der Waals surface area contributed by atoms with E-state index in [2.05, 4.69) is 15.2 Å². The Balaban J connectivity index is 1.51. The molecule has 0 aliphatic rings. The Morgan fingerprint density at radius 3 is 2.16 bits per heavy atom. The van der Waals surface area contributed by atoms with E-state index in [1.54, 1.807) is 31.3 Å². The van der Waals surface area contributed by atoms with Crippen molar-refractivity contribution in [3.63, 3.8) is 0 Å². The molecule has 0 saturated carbocycles. The highest BCUT2D eigenvalue weighted by atomic mass is 32.2. The van der Waals surface area contributed by atoms with Crippen LogP contribution >= 0.6 is 11.8 Å². The van der Waals surface area contributed by atoms with Crippen LogP contribution in [0.3, 0.4) is 0 Å². The maximum Gasteiger partial charge on any atom is 0.196 e. The molecule has 0 aliphatic heterocycles. The monoisotopic (exact) mass is 448 g/mol. The number of hydrogen-bond donors (Lipinski definition) is 0. The van der Waals surface area contributed by atoms with E-state index in [1.807, 2.05) is 72.2 Å². The van der Waals surface area contributed by atoms with Gasteiger partial charge < -0.3 is 14.2 Å². The van der Waals surface area contributed by atoms with Crippen LogP contribution in [0.5, 0.6) is 17.2 Å². The number of aromatic nitrogens is 4. The first-order valence-corrected chi connectivity index (χ1v) is 11.3. The van der Waals surface area contributed by atoms with Crippen molar-refractivity contribution in [2.75, 3.05) is 26.1 Å². The lowest BCUT2D eigenvalue weighted by molar-refractivity contribution is 0.340. The van der Waals surface area contributed by atoms with Crippen LogP contribution in [0.4, 0.5) is 0 Å². The van der Waals surface area contributed by atoms with E-state index in [1.165, 1.54) is 0 Å². The fourth-order valence-electron chi connectivity index (χ4n) is 3.11. The van der Waals surface area contributed by atoms with Gasteiger partial charge in [0.2, 0.25) is 0 Å². The largest absolute Gasteiger partial charge is 0.497 e. The maximum atomic E-state index is 5.85. The summed E-state index contributed by atoms with van der Waals surface area (Å²) >= 11 is 1.59. The number of benzene rings is 2. The van der Waals surface area contributed by atoms with Crippen molar-refractivity contribution in [1.29, 1.82) is 0 Å². The topological polar surface area (TPSA) is 71.3 Å². The van der Waals surface area contributed by atoms with Crippen LogP contribution in [0.15, 0.2) is 78.2 Å². The summed E-state index contributed by atoms with van der Waals surface area (Å²) in [5.74, 6) is 3.92. The Bertz CT molecular complexity index is 1120. The molecule has 32 heavy (non-hydrogen) atoms. The van der Waals surface area contributed by atoms with Crippen LogP contribution in [-0.4, -0.2) is 45.8 Å². The molecule has 8 heteroatoms. The van der Waals surface area contributed by atoms with E-state index in [0.29, 0.717) is 13.2 Å². The van der Waals surface area contributed by atoms with Gasteiger partial charge in [0.15, 0.2) is 11.0 Å².